The number of sulfonamides is 1. The van der Waals surface area contributed by atoms with E-state index in [4.69, 9.17) is 4.74 Å². The molecule has 0 radical (unpaired) electrons. The van der Waals surface area contributed by atoms with Gasteiger partial charge in [0.25, 0.3) is 10.0 Å². The average Bonchev–Trinajstić information content (AvgIpc) is 2.99. The highest BCUT2D eigenvalue weighted by molar-refractivity contribution is 7.92. The lowest BCUT2D eigenvalue weighted by molar-refractivity contribution is -0.139. The van der Waals surface area contributed by atoms with Crippen LogP contribution in [0.3, 0.4) is 0 Å². The summed E-state index contributed by atoms with van der Waals surface area (Å²) in [6.45, 7) is 6.32. The average molecular weight is 580 g/mol. The predicted octanol–water partition coefficient (Wildman–Crippen LogP) is 5.05. The molecule has 1 N–H and O–H groups in total. The SMILES string of the molecule is CCCCNC(=O)[C@@H](CC)N(CCc1ccccc1)C(=O)CN(c1ccccc1OCC)S(=O)(=O)c1ccccc1. The molecule has 3 aromatic rings. The van der Waals surface area contributed by atoms with E-state index in [2.05, 4.69) is 5.32 Å². The van der Waals surface area contributed by atoms with Crippen LogP contribution in [0.2, 0.25) is 0 Å². The van der Waals surface area contributed by atoms with Crippen molar-refractivity contribution >= 4 is 27.5 Å². The Bertz CT molecular complexity index is 1350. The van der Waals surface area contributed by atoms with Crippen molar-refractivity contribution in [3.63, 3.8) is 0 Å². The number of benzene rings is 3. The summed E-state index contributed by atoms with van der Waals surface area (Å²) in [7, 11) is -4.16. The lowest BCUT2D eigenvalue weighted by atomic mass is 10.1. The number of nitrogens with zero attached hydrogens (tertiary/aromatic N) is 2. The van der Waals surface area contributed by atoms with Crippen LogP contribution in [-0.2, 0) is 26.0 Å². The van der Waals surface area contributed by atoms with E-state index in [1.165, 1.54) is 17.0 Å². The van der Waals surface area contributed by atoms with Crippen LogP contribution < -0.4 is 14.4 Å². The maximum absolute atomic E-state index is 14.1. The molecule has 2 amide bonds. The van der Waals surface area contributed by atoms with Crippen molar-refractivity contribution in [3.05, 3.63) is 90.5 Å². The van der Waals surface area contributed by atoms with E-state index in [1.54, 1.807) is 42.5 Å². The quantitative estimate of drug-likeness (QED) is 0.240. The number of amides is 2. The molecule has 220 valence electrons. The molecule has 0 aromatic heterocycles. The van der Waals surface area contributed by atoms with Gasteiger partial charge in [-0.05, 0) is 56.0 Å². The summed E-state index contributed by atoms with van der Waals surface area (Å²) in [5.41, 5.74) is 1.28. The number of anilines is 1. The summed E-state index contributed by atoms with van der Waals surface area (Å²) in [5, 5.41) is 2.95. The van der Waals surface area contributed by atoms with Crippen molar-refractivity contribution in [1.29, 1.82) is 0 Å². The molecule has 3 rings (SSSR count). The second kappa shape index (κ2) is 15.8. The van der Waals surface area contributed by atoms with Crippen LogP contribution >= 0.6 is 0 Å². The maximum atomic E-state index is 14.1. The molecule has 0 aliphatic carbocycles. The molecule has 0 aliphatic heterocycles. The highest BCUT2D eigenvalue weighted by Crippen LogP contribution is 2.32. The second-order valence-electron chi connectivity index (χ2n) is 9.62. The molecule has 3 aromatic carbocycles. The highest BCUT2D eigenvalue weighted by atomic mass is 32.2. The number of hydrogen-bond acceptors (Lipinski definition) is 5. The fourth-order valence-electron chi connectivity index (χ4n) is 4.58. The van der Waals surface area contributed by atoms with Gasteiger partial charge in [-0.15, -0.1) is 0 Å². The minimum Gasteiger partial charge on any atom is -0.492 e. The lowest BCUT2D eigenvalue weighted by Crippen LogP contribution is -2.53. The first-order valence-corrected chi connectivity index (χ1v) is 15.7. The van der Waals surface area contributed by atoms with Gasteiger partial charge in [-0.25, -0.2) is 8.42 Å². The third-order valence-corrected chi connectivity index (χ3v) is 8.52. The first kappa shape index (κ1) is 31.7. The smallest absolute Gasteiger partial charge is 0.264 e. The van der Waals surface area contributed by atoms with Crippen LogP contribution in [0.15, 0.2) is 89.8 Å². The Morgan fingerprint density at radius 2 is 1.51 bits per heavy atom. The first-order valence-electron chi connectivity index (χ1n) is 14.2. The third kappa shape index (κ3) is 8.57. The third-order valence-electron chi connectivity index (χ3n) is 6.74. The van der Waals surface area contributed by atoms with Crippen molar-refractivity contribution in [3.8, 4) is 5.75 Å². The van der Waals surface area contributed by atoms with Gasteiger partial charge >= 0.3 is 0 Å². The molecular formula is C32H41N3O5S. The monoisotopic (exact) mass is 579 g/mol. The number of nitrogens with one attached hydrogen (secondary N) is 1. The topological polar surface area (TPSA) is 96.0 Å². The number of para-hydroxylation sites is 2. The number of carbonyl (C=O) groups is 2. The Morgan fingerprint density at radius 1 is 0.878 bits per heavy atom. The summed E-state index contributed by atoms with van der Waals surface area (Å²) in [6, 6.07) is 23.7. The van der Waals surface area contributed by atoms with Gasteiger partial charge in [0, 0.05) is 13.1 Å². The molecule has 9 heteroatoms. The van der Waals surface area contributed by atoms with Gasteiger partial charge in [0.1, 0.15) is 18.3 Å². The lowest BCUT2D eigenvalue weighted by Gasteiger charge is -2.33. The number of rotatable bonds is 16. The second-order valence-corrected chi connectivity index (χ2v) is 11.5. The van der Waals surface area contributed by atoms with Gasteiger partial charge < -0.3 is 15.0 Å². The van der Waals surface area contributed by atoms with Crippen LogP contribution in [0.1, 0.15) is 45.6 Å². The van der Waals surface area contributed by atoms with E-state index in [-0.39, 0.29) is 23.0 Å². The van der Waals surface area contributed by atoms with E-state index < -0.39 is 28.5 Å². The van der Waals surface area contributed by atoms with E-state index in [0.717, 1.165) is 22.7 Å². The van der Waals surface area contributed by atoms with Crippen molar-refractivity contribution in [2.45, 2.75) is 57.4 Å². The first-order chi connectivity index (χ1) is 19.8. The van der Waals surface area contributed by atoms with Gasteiger partial charge in [0.15, 0.2) is 0 Å². The van der Waals surface area contributed by atoms with E-state index in [0.29, 0.717) is 31.7 Å². The zero-order chi connectivity index (χ0) is 29.7. The minimum absolute atomic E-state index is 0.0549. The van der Waals surface area contributed by atoms with Gasteiger partial charge in [0.2, 0.25) is 11.8 Å². The molecule has 0 saturated heterocycles. The van der Waals surface area contributed by atoms with Gasteiger partial charge in [0.05, 0.1) is 17.2 Å². The number of carbonyl (C=O) groups excluding carboxylic acids is 2. The van der Waals surface area contributed by atoms with Crippen molar-refractivity contribution in [2.75, 3.05) is 30.5 Å². The number of ether oxygens (including phenoxy) is 1. The van der Waals surface area contributed by atoms with Gasteiger partial charge in [-0.3, -0.25) is 13.9 Å². The molecule has 0 unspecified atom stereocenters. The summed E-state index contributed by atoms with van der Waals surface area (Å²) < 4.78 is 34.8. The largest absolute Gasteiger partial charge is 0.492 e. The summed E-state index contributed by atoms with van der Waals surface area (Å²) in [4.78, 5) is 29.0. The summed E-state index contributed by atoms with van der Waals surface area (Å²) in [5.74, 6) is -0.360. The molecule has 8 nitrogen and oxygen atoms in total. The van der Waals surface area contributed by atoms with Gasteiger partial charge in [-0.1, -0.05) is 80.9 Å². The molecule has 0 bridgehead atoms. The van der Waals surface area contributed by atoms with Gasteiger partial charge in [-0.2, -0.15) is 0 Å². The zero-order valence-corrected chi connectivity index (χ0v) is 25.0. The standard InChI is InChI=1S/C32H41N3O5S/c1-4-7-23-33-32(37)28(5-2)34(24-22-26-16-10-8-11-17-26)31(36)25-35(29-20-14-15-21-30(29)40-6-3)41(38,39)27-18-12-9-13-19-27/h8-21,28H,4-7,22-25H2,1-3H3,(H,33,37)/t28-/m1/s1. The van der Waals surface area contributed by atoms with Crippen molar-refractivity contribution < 1.29 is 22.7 Å². The molecule has 41 heavy (non-hydrogen) atoms. The fraction of sp³-hybridized carbons (Fsp3) is 0.375. The van der Waals surface area contributed by atoms with E-state index >= 15 is 0 Å². The number of unbranched alkanes of at least 4 members (excludes halogenated alkanes) is 1. The molecule has 0 fully saturated rings. The highest BCUT2D eigenvalue weighted by Gasteiger charge is 2.34. The molecule has 0 spiro atoms. The fourth-order valence-corrected chi connectivity index (χ4v) is 6.02. The molecule has 0 saturated carbocycles. The Hall–Kier alpha value is -3.85. The Morgan fingerprint density at radius 3 is 2.15 bits per heavy atom. The minimum atomic E-state index is -4.16. The molecule has 1 atom stereocenters. The van der Waals surface area contributed by atoms with Crippen LogP contribution in [0.4, 0.5) is 5.69 Å². The molecule has 0 heterocycles. The van der Waals surface area contributed by atoms with Crippen LogP contribution in [-0.4, -0.2) is 57.4 Å². The normalized spacial score (nSPS) is 11.9. The number of hydrogen-bond donors (Lipinski definition) is 1. The Kier molecular flexibility index (Phi) is 12.2. The van der Waals surface area contributed by atoms with E-state index in [9.17, 15) is 18.0 Å². The van der Waals surface area contributed by atoms with Crippen LogP contribution in [0.5, 0.6) is 5.75 Å². The predicted molar refractivity (Wildman–Crippen MR) is 162 cm³/mol. The summed E-state index contributed by atoms with van der Waals surface area (Å²) in [6.07, 6.45) is 2.67. The zero-order valence-electron chi connectivity index (χ0n) is 24.2. The maximum Gasteiger partial charge on any atom is 0.264 e. The van der Waals surface area contributed by atoms with Crippen LogP contribution in [0, 0.1) is 0 Å². The Balaban J connectivity index is 2.02. The molecular weight excluding hydrogens is 538 g/mol. The van der Waals surface area contributed by atoms with E-state index in [1.807, 2.05) is 51.1 Å². The van der Waals surface area contributed by atoms with Crippen molar-refractivity contribution in [1.82, 2.24) is 10.2 Å². The van der Waals surface area contributed by atoms with Crippen molar-refractivity contribution in [2.24, 2.45) is 0 Å². The molecule has 0 aliphatic rings. The Labute approximate surface area is 244 Å². The van der Waals surface area contributed by atoms with Crippen LogP contribution in [0.25, 0.3) is 0 Å². The summed E-state index contributed by atoms with van der Waals surface area (Å²) >= 11 is 0.